The van der Waals surface area contributed by atoms with Crippen LogP contribution in [0.2, 0.25) is 0 Å². The summed E-state index contributed by atoms with van der Waals surface area (Å²) in [6.07, 6.45) is 2.74. The molecule has 0 bridgehead atoms. The number of nitrogens with one attached hydrogen (secondary N) is 1. The number of carbonyl (C=O) groups is 2. The van der Waals surface area contributed by atoms with E-state index >= 15 is 0 Å². The zero-order chi connectivity index (χ0) is 22.6. The Morgan fingerprint density at radius 3 is 2.50 bits per heavy atom. The number of hydrogen-bond acceptors (Lipinski definition) is 4. The van der Waals surface area contributed by atoms with E-state index in [1.165, 1.54) is 0 Å². The van der Waals surface area contributed by atoms with Gasteiger partial charge in [-0.05, 0) is 44.0 Å². The zero-order valence-electron chi connectivity index (χ0n) is 18.9. The van der Waals surface area contributed by atoms with Gasteiger partial charge in [-0.3, -0.25) is 9.59 Å². The molecule has 0 saturated carbocycles. The number of rotatable bonds is 6. The number of amides is 2. The van der Waals surface area contributed by atoms with Gasteiger partial charge in [0.15, 0.2) is 6.61 Å². The van der Waals surface area contributed by atoms with Gasteiger partial charge in [0.05, 0.1) is 0 Å². The van der Waals surface area contributed by atoms with E-state index in [2.05, 4.69) is 11.4 Å². The lowest BCUT2D eigenvalue weighted by atomic mass is 9.76. The van der Waals surface area contributed by atoms with E-state index < -0.39 is 0 Å². The fraction of sp³-hybridized carbons (Fsp3) is 0.462. The fourth-order valence-corrected chi connectivity index (χ4v) is 4.75. The summed E-state index contributed by atoms with van der Waals surface area (Å²) < 4.78 is 12.1. The van der Waals surface area contributed by atoms with Crippen molar-refractivity contribution >= 4 is 11.8 Å². The van der Waals surface area contributed by atoms with Crippen LogP contribution in [0.25, 0.3) is 0 Å². The number of piperidine rings is 1. The maximum Gasteiger partial charge on any atom is 0.260 e. The SMILES string of the molecule is CC(C)NC(=O)CC1CC2(CCN(C(=O)COc3ccccc3)CC2)Oc2ccccc21. The first-order chi connectivity index (χ1) is 15.4. The molecule has 2 aliphatic rings. The minimum absolute atomic E-state index is 0.00669. The number of hydrogen-bond donors (Lipinski definition) is 1. The summed E-state index contributed by atoms with van der Waals surface area (Å²) >= 11 is 0. The Morgan fingerprint density at radius 1 is 1.09 bits per heavy atom. The molecule has 4 rings (SSSR count). The summed E-state index contributed by atoms with van der Waals surface area (Å²) in [4.78, 5) is 27.0. The van der Waals surface area contributed by atoms with E-state index in [4.69, 9.17) is 9.47 Å². The molecule has 1 spiro atoms. The van der Waals surface area contributed by atoms with Crippen molar-refractivity contribution in [2.24, 2.45) is 0 Å². The largest absolute Gasteiger partial charge is 0.487 e. The molecule has 32 heavy (non-hydrogen) atoms. The number of fused-ring (bicyclic) bond motifs is 1. The third-order valence-electron chi connectivity index (χ3n) is 6.32. The molecule has 170 valence electrons. The second kappa shape index (κ2) is 9.63. The van der Waals surface area contributed by atoms with Crippen LogP contribution in [0.1, 0.15) is 51.0 Å². The molecule has 1 fully saturated rings. The van der Waals surface area contributed by atoms with Crippen LogP contribution in [0.5, 0.6) is 11.5 Å². The van der Waals surface area contributed by atoms with Gasteiger partial charge in [-0.2, -0.15) is 0 Å². The van der Waals surface area contributed by atoms with Crippen molar-refractivity contribution in [3.05, 3.63) is 60.2 Å². The first-order valence-electron chi connectivity index (χ1n) is 11.5. The van der Waals surface area contributed by atoms with Crippen LogP contribution in [-0.4, -0.2) is 48.1 Å². The van der Waals surface area contributed by atoms with Gasteiger partial charge >= 0.3 is 0 Å². The second-order valence-corrected chi connectivity index (χ2v) is 9.13. The monoisotopic (exact) mass is 436 g/mol. The van der Waals surface area contributed by atoms with Crippen LogP contribution in [0.15, 0.2) is 54.6 Å². The summed E-state index contributed by atoms with van der Waals surface area (Å²) in [5.41, 5.74) is 0.764. The Kier molecular flexibility index (Phi) is 6.68. The zero-order valence-corrected chi connectivity index (χ0v) is 18.9. The number of benzene rings is 2. The summed E-state index contributed by atoms with van der Waals surface area (Å²) in [5.74, 6) is 1.75. The first-order valence-corrected chi connectivity index (χ1v) is 11.5. The number of likely N-dealkylation sites (tertiary alicyclic amines) is 1. The highest BCUT2D eigenvalue weighted by Crippen LogP contribution is 2.46. The minimum Gasteiger partial charge on any atom is -0.487 e. The summed E-state index contributed by atoms with van der Waals surface area (Å²) in [6, 6.07) is 17.6. The van der Waals surface area contributed by atoms with Crippen LogP contribution < -0.4 is 14.8 Å². The van der Waals surface area contributed by atoms with E-state index in [1.54, 1.807) is 0 Å². The van der Waals surface area contributed by atoms with Crippen LogP contribution >= 0.6 is 0 Å². The van der Waals surface area contributed by atoms with Gasteiger partial charge in [-0.15, -0.1) is 0 Å². The summed E-state index contributed by atoms with van der Waals surface area (Å²) in [6.45, 7) is 5.25. The maximum atomic E-state index is 12.7. The molecule has 2 amide bonds. The van der Waals surface area contributed by atoms with Crippen LogP contribution in [0, 0.1) is 0 Å². The van der Waals surface area contributed by atoms with Crippen molar-refractivity contribution in [1.82, 2.24) is 10.2 Å². The van der Waals surface area contributed by atoms with Gasteiger partial charge < -0.3 is 19.7 Å². The summed E-state index contributed by atoms with van der Waals surface area (Å²) in [5, 5.41) is 3.02. The van der Waals surface area contributed by atoms with Crippen molar-refractivity contribution < 1.29 is 19.1 Å². The standard InChI is InChI=1S/C26H32N2O4/c1-19(2)27-24(29)16-20-17-26(32-23-11-7-6-10-22(20)23)12-14-28(15-13-26)25(30)18-31-21-8-4-3-5-9-21/h3-11,19-20H,12-18H2,1-2H3,(H,27,29). The topological polar surface area (TPSA) is 67.9 Å². The van der Waals surface area contributed by atoms with Gasteiger partial charge in [0.2, 0.25) is 5.91 Å². The van der Waals surface area contributed by atoms with E-state index in [0.717, 1.165) is 30.6 Å². The van der Waals surface area contributed by atoms with Crippen LogP contribution in [0.4, 0.5) is 0 Å². The Bertz CT molecular complexity index is 936. The van der Waals surface area contributed by atoms with Gasteiger partial charge in [-0.25, -0.2) is 0 Å². The molecule has 1 unspecified atom stereocenters. The smallest absolute Gasteiger partial charge is 0.260 e. The maximum absolute atomic E-state index is 12.7. The normalized spacial score (nSPS) is 19.2. The van der Waals surface area contributed by atoms with Gasteiger partial charge in [0.25, 0.3) is 5.91 Å². The number of carbonyl (C=O) groups excluding carboxylic acids is 2. The Hall–Kier alpha value is -3.02. The van der Waals surface area contributed by atoms with Crippen molar-refractivity contribution in [1.29, 1.82) is 0 Å². The number of nitrogens with zero attached hydrogens (tertiary/aromatic N) is 1. The van der Waals surface area contributed by atoms with Crippen molar-refractivity contribution in [3.8, 4) is 11.5 Å². The highest BCUT2D eigenvalue weighted by molar-refractivity contribution is 5.78. The molecule has 1 N–H and O–H groups in total. The molecule has 0 radical (unpaired) electrons. The molecule has 2 aromatic rings. The molecule has 6 heteroatoms. The number of para-hydroxylation sites is 2. The Labute approximate surface area is 189 Å². The Balaban J connectivity index is 1.39. The van der Waals surface area contributed by atoms with Crippen LogP contribution in [0.3, 0.4) is 0 Å². The molecule has 2 heterocycles. The molecule has 6 nitrogen and oxygen atoms in total. The molecule has 1 atom stereocenters. The third-order valence-corrected chi connectivity index (χ3v) is 6.32. The highest BCUT2D eigenvalue weighted by atomic mass is 16.5. The van der Waals surface area contributed by atoms with E-state index in [9.17, 15) is 9.59 Å². The van der Waals surface area contributed by atoms with E-state index in [-0.39, 0.29) is 36.0 Å². The average molecular weight is 437 g/mol. The predicted molar refractivity (Wildman–Crippen MR) is 123 cm³/mol. The van der Waals surface area contributed by atoms with Crippen molar-refractivity contribution in [3.63, 3.8) is 0 Å². The fourth-order valence-electron chi connectivity index (χ4n) is 4.75. The van der Waals surface area contributed by atoms with E-state index in [1.807, 2.05) is 67.3 Å². The van der Waals surface area contributed by atoms with Crippen molar-refractivity contribution in [2.75, 3.05) is 19.7 Å². The Morgan fingerprint density at radius 2 is 1.78 bits per heavy atom. The third kappa shape index (κ3) is 5.23. The first kappa shape index (κ1) is 22.2. The molecule has 2 aromatic carbocycles. The lowest BCUT2D eigenvalue weighted by molar-refractivity contribution is -0.137. The second-order valence-electron chi connectivity index (χ2n) is 9.13. The summed E-state index contributed by atoms with van der Waals surface area (Å²) in [7, 11) is 0. The predicted octanol–water partition coefficient (Wildman–Crippen LogP) is 3.91. The van der Waals surface area contributed by atoms with Crippen LogP contribution in [-0.2, 0) is 9.59 Å². The minimum atomic E-state index is -0.339. The lowest BCUT2D eigenvalue weighted by Crippen LogP contribution is -2.52. The lowest BCUT2D eigenvalue weighted by Gasteiger charge is -2.47. The molecular weight excluding hydrogens is 404 g/mol. The van der Waals surface area contributed by atoms with Gasteiger partial charge in [-0.1, -0.05) is 36.4 Å². The molecule has 0 aliphatic carbocycles. The van der Waals surface area contributed by atoms with E-state index in [0.29, 0.717) is 25.3 Å². The molecular formula is C26H32N2O4. The quantitative estimate of drug-likeness (QED) is 0.746. The van der Waals surface area contributed by atoms with Gasteiger partial charge in [0.1, 0.15) is 17.1 Å². The molecule has 2 aliphatic heterocycles. The van der Waals surface area contributed by atoms with Crippen molar-refractivity contribution in [2.45, 2.75) is 57.1 Å². The number of ether oxygens (including phenoxy) is 2. The molecule has 1 saturated heterocycles. The average Bonchev–Trinajstić information content (AvgIpc) is 2.78. The van der Waals surface area contributed by atoms with Gasteiger partial charge in [0, 0.05) is 44.3 Å². The highest BCUT2D eigenvalue weighted by Gasteiger charge is 2.44. The molecule has 0 aromatic heterocycles.